The van der Waals surface area contributed by atoms with Gasteiger partial charge in [-0.2, -0.15) is 0 Å². The van der Waals surface area contributed by atoms with E-state index in [1.54, 1.807) is 24.3 Å². The molecule has 0 radical (unpaired) electrons. The van der Waals surface area contributed by atoms with E-state index in [-0.39, 0.29) is 16.9 Å². The highest BCUT2D eigenvalue weighted by Gasteiger charge is 2.32. The van der Waals surface area contributed by atoms with Gasteiger partial charge in [0.15, 0.2) is 0 Å². The van der Waals surface area contributed by atoms with Crippen molar-refractivity contribution in [2.45, 2.75) is 32.1 Å². The lowest BCUT2D eigenvalue weighted by Crippen LogP contribution is -2.23. The maximum absolute atomic E-state index is 14.5. The first-order valence-electron chi connectivity index (χ1n) is 8.26. The van der Waals surface area contributed by atoms with E-state index in [2.05, 4.69) is 13.8 Å². The minimum Gasteiger partial charge on any atom is -0.508 e. The van der Waals surface area contributed by atoms with Crippen molar-refractivity contribution >= 4 is 22.4 Å². The SMILES string of the molecule is CC1(C)CCc2c(O)ccc3c(O)c(-c4ccc(Cl)cc4F)cc1c23. The average Bonchev–Trinajstić information content (AvgIpc) is 2.54. The Hall–Kier alpha value is -2.26. The fourth-order valence-electron chi connectivity index (χ4n) is 3.84. The number of hydrogen-bond acceptors (Lipinski definition) is 2. The molecule has 1 aliphatic rings. The highest BCUT2D eigenvalue weighted by Crippen LogP contribution is 2.49. The molecule has 0 aliphatic heterocycles. The minimum absolute atomic E-state index is 0.0268. The van der Waals surface area contributed by atoms with Crippen molar-refractivity contribution in [1.82, 2.24) is 0 Å². The number of benzene rings is 3. The largest absolute Gasteiger partial charge is 0.508 e. The summed E-state index contributed by atoms with van der Waals surface area (Å²) in [6.45, 7) is 4.27. The Labute approximate surface area is 150 Å². The van der Waals surface area contributed by atoms with Crippen LogP contribution in [0, 0.1) is 5.82 Å². The topological polar surface area (TPSA) is 40.5 Å². The minimum atomic E-state index is -0.470. The summed E-state index contributed by atoms with van der Waals surface area (Å²) < 4.78 is 14.5. The van der Waals surface area contributed by atoms with Crippen LogP contribution in [0.2, 0.25) is 5.02 Å². The molecule has 0 amide bonds. The third-order valence-electron chi connectivity index (χ3n) is 5.31. The first-order valence-corrected chi connectivity index (χ1v) is 8.64. The molecule has 0 fully saturated rings. The predicted molar refractivity (Wildman–Crippen MR) is 99.0 cm³/mol. The molecule has 0 spiro atoms. The van der Waals surface area contributed by atoms with Gasteiger partial charge in [-0.05, 0) is 65.6 Å². The fourth-order valence-corrected chi connectivity index (χ4v) is 4.00. The van der Waals surface area contributed by atoms with Crippen LogP contribution in [-0.4, -0.2) is 10.2 Å². The Bertz CT molecular complexity index is 1020. The zero-order valence-electron chi connectivity index (χ0n) is 14.0. The number of phenols is 2. The van der Waals surface area contributed by atoms with E-state index in [4.69, 9.17) is 11.6 Å². The summed E-state index contributed by atoms with van der Waals surface area (Å²) in [5, 5.41) is 22.9. The highest BCUT2D eigenvalue weighted by molar-refractivity contribution is 6.30. The summed E-state index contributed by atoms with van der Waals surface area (Å²) in [5.74, 6) is -0.199. The van der Waals surface area contributed by atoms with Crippen LogP contribution in [0.15, 0.2) is 36.4 Å². The summed E-state index contributed by atoms with van der Waals surface area (Å²) in [6.07, 6.45) is 1.62. The molecule has 1 aliphatic carbocycles. The van der Waals surface area contributed by atoms with Gasteiger partial charge in [0.2, 0.25) is 0 Å². The molecule has 0 saturated heterocycles. The number of aryl methyl sites for hydroxylation is 1. The standard InChI is InChI=1S/C21H18ClFO2/c1-21(2)8-7-13-18(24)6-5-14-19(13)16(21)10-15(20(14)25)12-4-3-11(22)9-17(12)23/h3-6,9-10,24-25H,7-8H2,1-2H3. The van der Waals surface area contributed by atoms with E-state index in [0.29, 0.717) is 21.5 Å². The molecule has 3 aromatic carbocycles. The van der Waals surface area contributed by atoms with Gasteiger partial charge in [-0.3, -0.25) is 0 Å². The summed E-state index contributed by atoms with van der Waals surface area (Å²) in [6, 6.07) is 9.60. The fraction of sp³-hybridized carbons (Fsp3) is 0.238. The van der Waals surface area contributed by atoms with Gasteiger partial charge >= 0.3 is 0 Å². The van der Waals surface area contributed by atoms with Crippen LogP contribution in [0.4, 0.5) is 4.39 Å². The maximum Gasteiger partial charge on any atom is 0.132 e. The van der Waals surface area contributed by atoms with E-state index >= 15 is 0 Å². The molecule has 0 saturated carbocycles. The first kappa shape index (κ1) is 16.2. The average molecular weight is 357 g/mol. The lowest BCUT2D eigenvalue weighted by atomic mass is 9.71. The molecule has 0 aromatic heterocycles. The highest BCUT2D eigenvalue weighted by atomic mass is 35.5. The number of halogens is 2. The molecule has 4 rings (SSSR count). The van der Waals surface area contributed by atoms with Gasteiger partial charge in [0, 0.05) is 27.1 Å². The second-order valence-electron chi connectivity index (χ2n) is 7.31. The number of aromatic hydroxyl groups is 2. The van der Waals surface area contributed by atoms with Crippen LogP contribution in [0.25, 0.3) is 21.9 Å². The van der Waals surface area contributed by atoms with Crippen molar-refractivity contribution < 1.29 is 14.6 Å². The van der Waals surface area contributed by atoms with Crippen LogP contribution in [-0.2, 0) is 11.8 Å². The molecule has 0 unspecified atom stereocenters. The predicted octanol–water partition coefficient (Wildman–Crippen LogP) is 5.93. The Balaban J connectivity index is 2.13. The van der Waals surface area contributed by atoms with Crippen molar-refractivity contribution in [1.29, 1.82) is 0 Å². The molecule has 0 bridgehead atoms. The second-order valence-corrected chi connectivity index (χ2v) is 7.75. The Morgan fingerprint density at radius 1 is 1.04 bits per heavy atom. The number of hydrogen-bond donors (Lipinski definition) is 2. The summed E-state index contributed by atoms with van der Waals surface area (Å²) in [4.78, 5) is 0. The zero-order chi connectivity index (χ0) is 17.9. The van der Waals surface area contributed by atoms with Crippen molar-refractivity contribution in [3.63, 3.8) is 0 Å². The molecular weight excluding hydrogens is 339 g/mol. The molecule has 0 atom stereocenters. The molecule has 0 heterocycles. The Kier molecular flexibility index (Phi) is 3.48. The number of phenolic OH excluding ortho intramolecular Hbond substituents is 2. The van der Waals surface area contributed by atoms with Crippen LogP contribution in [0.5, 0.6) is 11.5 Å². The van der Waals surface area contributed by atoms with E-state index in [0.717, 1.165) is 29.4 Å². The van der Waals surface area contributed by atoms with Gasteiger partial charge in [0.05, 0.1) is 0 Å². The zero-order valence-corrected chi connectivity index (χ0v) is 14.8. The van der Waals surface area contributed by atoms with Gasteiger partial charge in [0.1, 0.15) is 17.3 Å². The maximum atomic E-state index is 14.5. The van der Waals surface area contributed by atoms with Gasteiger partial charge < -0.3 is 10.2 Å². The summed E-state index contributed by atoms with van der Waals surface area (Å²) >= 11 is 5.86. The number of rotatable bonds is 1. The molecule has 4 heteroatoms. The van der Waals surface area contributed by atoms with Crippen molar-refractivity contribution in [2.24, 2.45) is 0 Å². The first-order chi connectivity index (χ1) is 11.8. The molecule has 3 aromatic rings. The van der Waals surface area contributed by atoms with E-state index in [9.17, 15) is 14.6 Å². The van der Waals surface area contributed by atoms with E-state index < -0.39 is 5.82 Å². The molecule has 2 nitrogen and oxygen atoms in total. The smallest absolute Gasteiger partial charge is 0.132 e. The van der Waals surface area contributed by atoms with Crippen LogP contribution >= 0.6 is 11.6 Å². The quantitative estimate of drug-likeness (QED) is 0.567. The van der Waals surface area contributed by atoms with Crippen molar-refractivity contribution in [3.05, 3.63) is 58.4 Å². The van der Waals surface area contributed by atoms with Crippen LogP contribution in [0.1, 0.15) is 31.4 Å². The monoisotopic (exact) mass is 356 g/mol. The molecule has 25 heavy (non-hydrogen) atoms. The lowest BCUT2D eigenvalue weighted by molar-refractivity contribution is 0.442. The van der Waals surface area contributed by atoms with Gasteiger partial charge in [-0.25, -0.2) is 4.39 Å². The van der Waals surface area contributed by atoms with Crippen LogP contribution in [0.3, 0.4) is 0 Å². The molecule has 128 valence electrons. The van der Waals surface area contributed by atoms with Crippen molar-refractivity contribution in [2.75, 3.05) is 0 Å². The van der Waals surface area contributed by atoms with Crippen LogP contribution < -0.4 is 0 Å². The lowest BCUT2D eigenvalue weighted by Gasteiger charge is -2.33. The third kappa shape index (κ3) is 2.37. The Morgan fingerprint density at radius 2 is 1.80 bits per heavy atom. The van der Waals surface area contributed by atoms with E-state index in [1.165, 1.54) is 6.07 Å². The van der Waals surface area contributed by atoms with Gasteiger partial charge in [-0.1, -0.05) is 25.4 Å². The Morgan fingerprint density at radius 3 is 2.52 bits per heavy atom. The molecule has 2 N–H and O–H groups in total. The van der Waals surface area contributed by atoms with Gasteiger partial charge in [-0.15, -0.1) is 0 Å². The van der Waals surface area contributed by atoms with Gasteiger partial charge in [0.25, 0.3) is 0 Å². The second kappa shape index (κ2) is 5.37. The summed E-state index contributed by atoms with van der Waals surface area (Å²) in [5.41, 5.74) is 2.50. The molecular formula is C21H18ClFO2. The normalized spacial score (nSPS) is 15.5. The van der Waals surface area contributed by atoms with Crippen molar-refractivity contribution in [3.8, 4) is 22.6 Å². The van der Waals surface area contributed by atoms with E-state index in [1.807, 2.05) is 6.07 Å². The third-order valence-corrected chi connectivity index (χ3v) is 5.54. The summed E-state index contributed by atoms with van der Waals surface area (Å²) in [7, 11) is 0.